The average Bonchev–Trinajstić information content (AvgIpc) is 2.05. The molecule has 3 heteroatoms. The normalized spacial score (nSPS) is 8.73. The summed E-state index contributed by atoms with van der Waals surface area (Å²) in [6.07, 6.45) is 1.53. The van der Waals surface area contributed by atoms with Gasteiger partial charge in [-0.25, -0.2) is 4.98 Å². The minimum absolute atomic E-state index is 0.384. The molecule has 0 bridgehead atoms. The Bertz CT molecular complexity index is 305. The summed E-state index contributed by atoms with van der Waals surface area (Å²) < 4.78 is 0. The van der Waals surface area contributed by atoms with Crippen LogP contribution in [-0.2, 0) is 0 Å². The maximum atomic E-state index is 8.40. The lowest BCUT2D eigenvalue weighted by Gasteiger charge is -1.94. The van der Waals surface area contributed by atoms with Crippen molar-refractivity contribution in [3.63, 3.8) is 0 Å². The van der Waals surface area contributed by atoms with E-state index >= 15 is 0 Å². The first-order chi connectivity index (χ1) is 5.24. The Morgan fingerprint density at radius 3 is 2.73 bits per heavy atom. The molecule has 0 unspecified atom stereocenters. The van der Waals surface area contributed by atoms with Gasteiger partial charge in [-0.1, -0.05) is 0 Å². The molecule has 0 atom stereocenters. The first-order valence-corrected chi connectivity index (χ1v) is 3.15. The second-order valence-electron chi connectivity index (χ2n) is 2.17. The number of nitrogens with zero attached hydrogens (tertiary/aromatic N) is 2. The third kappa shape index (κ3) is 1.62. The molecular weight excluding hydrogens is 138 g/mol. The fourth-order valence-corrected chi connectivity index (χ4v) is 0.682. The Hall–Kier alpha value is -1.69. The van der Waals surface area contributed by atoms with E-state index in [0.717, 1.165) is 5.56 Å². The molecule has 1 rings (SSSR count). The van der Waals surface area contributed by atoms with Crippen LogP contribution in [0.1, 0.15) is 18.2 Å². The zero-order valence-corrected chi connectivity index (χ0v) is 6.13. The lowest BCUT2D eigenvalue weighted by Crippen LogP contribution is -1.93. The molecule has 0 aliphatic heterocycles. The van der Waals surface area contributed by atoms with E-state index in [1.54, 1.807) is 19.1 Å². The summed E-state index contributed by atoms with van der Waals surface area (Å²) in [7, 11) is 0. The molecule has 1 aromatic heterocycles. The average molecular weight is 145 g/mol. The van der Waals surface area contributed by atoms with Crippen molar-refractivity contribution in [2.75, 3.05) is 0 Å². The highest BCUT2D eigenvalue weighted by Crippen LogP contribution is 1.99. The molecule has 1 aromatic rings. The van der Waals surface area contributed by atoms with Gasteiger partial charge >= 0.3 is 0 Å². The van der Waals surface area contributed by atoms with Crippen molar-refractivity contribution in [2.45, 2.75) is 6.92 Å². The van der Waals surface area contributed by atoms with Gasteiger partial charge in [-0.15, -0.1) is 0 Å². The molecule has 0 amide bonds. The Morgan fingerprint density at radius 1 is 1.64 bits per heavy atom. The van der Waals surface area contributed by atoms with Crippen molar-refractivity contribution < 1.29 is 0 Å². The van der Waals surface area contributed by atoms with E-state index in [1.807, 2.05) is 6.07 Å². The van der Waals surface area contributed by atoms with E-state index in [1.165, 1.54) is 6.20 Å². The van der Waals surface area contributed by atoms with E-state index in [9.17, 15) is 0 Å². The Labute approximate surface area is 64.8 Å². The van der Waals surface area contributed by atoms with Crippen LogP contribution in [0.2, 0.25) is 0 Å². The summed E-state index contributed by atoms with van der Waals surface area (Å²) in [6, 6.07) is 5.23. The Kier molecular flexibility index (Phi) is 1.98. The molecule has 54 valence electrons. The number of aromatic nitrogens is 1. The summed E-state index contributed by atoms with van der Waals surface area (Å²) in [4.78, 5) is 3.82. The summed E-state index contributed by atoms with van der Waals surface area (Å²) in [5.41, 5.74) is 1.60. The molecule has 0 aliphatic carbocycles. The summed E-state index contributed by atoms with van der Waals surface area (Å²) >= 11 is 0. The third-order valence-electron chi connectivity index (χ3n) is 1.31. The molecule has 1 N–H and O–H groups in total. The van der Waals surface area contributed by atoms with Crippen LogP contribution in [-0.4, -0.2) is 10.7 Å². The number of nitrogens with one attached hydrogen (secondary N) is 1. The third-order valence-corrected chi connectivity index (χ3v) is 1.31. The number of pyridine rings is 1. The van der Waals surface area contributed by atoms with Gasteiger partial charge in [-0.2, -0.15) is 5.26 Å². The van der Waals surface area contributed by atoms with Crippen LogP contribution in [0.5, 0.6) is 0 Å². The molecule has 0 saturated carbocycles. The van der Waals surface area contributed by atoms with Crippen LogP contribution < -0.4 is 0 Å². The zero-order chi connectivity index (χ0) is 8.27. The van der Waals surface area contributed by atoms with E-state index in [0.29, 0.717) is 11.4 Å². The fourth-order valence-electron chi connectivity index (χ4n) is 0.682. The maximum Gasteiger partial charge on any atom is 0.140 e. The van der Waals surface area contributed by atoms with Gasteiger partial charge < -0.3 is 5.41 Å². The molecular formula is C8H7N3. The van der Waals surface area contributed by atoms with Crippen LogP contribution in [0.3, 0.4) is 0 Å². The molecule has 0 radical (unpaired) electrons. The predicted molar refractivity (Wildman–Crippen MR) is 41.5 cm³/mol. The fraction of sp³-hybridized carbons (Fsp3) is 0.125. The van der Waals surface area contributed by atoms with Gasteiger partial charge in [0.1, 0.15) is 11.8 Å². The number of hydrogen-bond donors (Lipinski definition) is 1. The minimum Gasteiger partial charge on any atom is -0.305 e. The second kappa shape index (κ2) is 2.93. The highest BCUT2D eigenvalue weighted by atomic mass is 14.7. The standard InChI is InChI=1S/C8H7N3/c1-6(10)7-2-3-8(4-9)11-5-7/h2-3,5,10H,1H3. The molecule has 0 spiro atoms. The SMILES string of the molecule is CC(=N)c1ccc(C#N)nc1. The van der Waals surface area contributed by atoms with Crippen LogP contribution in [0.15, 0.2) is 18.3 Å². The lowest BCUT2D eigenvalue weighted by atomic mass is 10.2. The van der Waals surface area contributed by atoms with Crippen LogP contribution in [0, 0.1) is 16.7 Å². The zero-order valence-electron chi connectivity index (χ0n) is 6.13. The van der Waals surface area contributed by atoms with Crippen molar-refractivity contribution in [1.82, 2.24) is 4.98 Å². The second-order valence-corrected chi connectivity index (χ2v) is 2.17. The van der Waals surface area contributed by atoms with Gasteiger partial charge in [0.2, 0.25) is 0 Å². The summed E-state index contributed by atoms with van der Waals surface area (Å²) in [5, 5.41) is 15.6. The smallest absolute Gasteiger partial charge is 0.140 e. The molecule has 0 fully saturated rings. The van der Waals surface area contributed by atoms with E-state index in [-0.39, 0.29) is 0 Å². The lowest BCUT2D eigenvalue weighted by molar-refractivity contribution is 1.25. The highest BCUT2D eigenvalue weighted by molar-refractivity contribution is 5.95. The molecule has 0 aliphatic rings. The van der Waals surface area contributed by atoms with Crippen molar-refractivity contribution >= 4 is 5.71 Å². The van der Waals surface area contributed by atoms with Crippen molar-refractivity contribution in [3.8, 4) is 6.07 Å². The van der Waals surface area contributed by atoms with Gasteiger partial charge in [0.15, 0.2) is 0 Å². The van der Waals surface area contributed by atoms with Crippen LogP contribution in [0.4, 0.5) is 0 Å². The topological polar surface area (TPSA) is 60.5 Å². The van der Waals surface area contributed by atoms with E-state index in [2.05, 4.69) is 4.98 Å². The van der Waals surface area contributed by atoms with Gasteiger partial charge in [-0.3, -0.25) is 0 Å². The Morgan fingerprint density at radius 2 is 2.36 bits per heavy atom. The maximum absolute atomic E-state index is 8.40. The predicted octanol–water partition coefficient (Wildman–Crippen LogP) is 1.34. The molecule has 0 saturated heterocycles. The van der Waals surface area contributed by atoms with Gasteiger partial charge in [-0.05, 0) is 19.1 Å². The van der Waals surface area contributed by atoms with E-state index in [4.69, 9.17) is 10.7 Å². The van der Waals surface area contributed by atoms with Crippen molar-refractivity contribution in [3.05, 3.63) is 29.6 Å². The van der Waals surface area contributed by atoms with Gasteiger partial charge in [0.25, 0.3) is 0 Å². The number of hydrogen-bond acceptors (Lipinski definition) is 3. The minimum atomic E-state index is 0.384. The first-order valence-electron chi connectivity index (χ1n) is 3.15. The largest absolute Gasteiger partial charge is 0.305 e. The molecule has 11 heavy (non-hydrogen) atoms. The van der Waals surface area contributed by atoms with Crippen molar-refractivity contribution in [1.29, 1.82) is 10.7 Å². The quantitative estimate of drug-likeness (QED) is 0.606. The van der Waals surface area contributed by atoms with Gasteiger partial charge in [0.05, 0.1) is 0 Å². The van der Waals surface area contributed by atoms with Crippen LogP contribution in [0.25, 0.3) is 0 Å². The molecule has 3 nitrogen and oxygen atoms in total. The van der Waals surface area contributed by atoms with Gasteiger partial charge in [0, 0.05) is 17.5 Å². The van der Waals surface area contributed by atoms with Crippen molar-refractivity contribution in [2.24, 2.45) is 0 Å². The summed E-state index contributed by atoms with van der Waals surface area (Å²) in [6.45, 7) is 1.68. The highest BCUT2D eigenvalue weighted by Gasteiger charge is 1.94. The number of rotatable bonds is 1. The molecule has 0 aromatic carbocycles. The number of nitriles is 1. The first kappa shape index (κ1) is 7.42. The summed E-state index contributed by atoms with van der Waals surface area (Å²) in [5.74, 6) is 0. The van der Waals surface area contributed by atoms with E-state index < -0.39 is 0 Å². The van der Waals surface area contributed by atoms with Crippen LogP contribution >= 0.6 is 0 Å². The Balaban J connectivity index is 3.03. The molecule has 1 heterocycles. The monoisotopic (exact) mass is 145 g/mol.